The standard InChI is InChI=1S/C21H19ClF3N3O2/c1-13-2-4-15(27-10-13)12-29-16-6-7-19(26)20(9-16)28-11-14-3-5-17(8-18(14)22)30-21(23,24)25/h2-10,28H,11-12,26H2,1H3. The Labute approximate surface area is 176 Å². The molecule has 1 aromatic heterocycles. The summed E-state index contributed by atoms with van der Waals surface area (Å²) in [7, 11) is 0. The topological polar surface area (TPSA) is 69.4 Å². The minimum absolute atomic E-state index is 0.140. The van der Waals surface area contributed by atoms with E-state index in [-0.39, 0.29) is 17.3 Å². The van der Waals surface area contributed by atoms with Crippen LogP contribution >= 0.6 is 11.6 Å². The highest BCUT2D eigenvalue weighted by Gasteiger charge is 2.31. The van der Waals surface area contributed by atoms with Crippen molar-refractivity contribution >= 4 is 23.0 Å². The molecule has 0 amide bonds. The smallest absolute Gasteiger partial charge is 0.487 e. The zero-order valence-electron chi connectivity index (χ0n) is 16.0. The summed E-state index contributed by atoms with van der Waals surface area (Å²) in [6.45, 7) is 2.51. The summed E-state index contributed by atoms with van der Waals surface area (Å²) in [6.07, 6.45) is -3.00. The van der Waals surface area contributed by atoms with Crippen molar-refractivity contribution in [1.29, 1.82) is 0 Å². The predicted molar refractivity (Wildman–Crippen MR) is 110 cm³/mol. The molecule has 0 saturated carbocycles. The van der Waals surface area contributed by atoms with E-state index in [9.17, 15) is 13.2 Å². The molecule has 3 rings (SSSR count). The molecule has 3 N–H and O–H groups in total. The van der Waals surface area contributed by atoms with E-state index in [1.807, 2.05) is 19.1 Å². The molecule has 0 fully saturated rings. The van der Waals surface area contributed by atoms with Gasteiger partial charge in [-0.3, -0.25) is 4.98 Å². The lowest BCUT2D eigenvalue weighted by molar-refractivity contribution is -0.274. The number of rotatable bonds is 7. The second-order valence-electron chi connectivity index (χ2n) is 6.52. The van der Waals surface area contributed by atoms with Gasteiger partial charge < -0.3 is 20.5 Å². The van der Waals surface area contributed by atoms with Crippen molar-refractivity contribution in [3.63, 3.8) is 0 Å². The molecule has 0 saturated heterocycles. The molecular weight excluding hydrogens is 419 g/mol. The van der Waals surface area contributed by atoms with E-state index in [0.717, 1.165) is 17.3 Å². The van der Waals surface area contributed by atoms with E-state index in [2.05, 4.69) is 15.0 Å². The molecule has 0 unspecified atom stereocenters. The first-order chi connectivity index (χ1) is 14.2. The van der Waals surface area contributed by atoms with Gasteiger partial charge in [0.15, 0.2) is 0 Å². The Morgan fingerprint density at radius 2 is 1.83 bits per heavy atom. The maximum absolute atomic E-state index is 12.3. The fourth-order valence-corrected chi connectivity index (χ4v) is 2.82. The van der Waals surface area contributed by atoms with Crippen molar-refractivity contribution in [2.75, 3.05) is 11.1 Å². The maximum atomic E-state index is 12.3. The van der Waals surface area contributed by atoms with E-state index >= 15 is 0 Å². The Morgan fingerprint density at radius 1 is 1.07 bits per heavy atom. The second kappa shape index (κ2) is 9.13. The minimum Gasteiger partial charge on any atom is -0.487 e. The van der Waals surface area contributed by atoms with Crippen molar-refractivity contribution in [2.24, 2.45) is 0 Å². The third kappa shape index (κ3) is 6.18. The molecule has 0 radical (unpaired) electrons. The molecule has 9 heteroatoms. The van der Waals surface area contributed by atoms with Gasteiger partial charge in [0.2, 0.25) is 0 Å². The average Bonchev–Trinajstić information content (AvgIpc) is 2.67. The van der Waals surface area contributed by atoms with Gasteiger partial charge in [-0.2, -0.15) is 0 Å². The largest absolute Gasteiger partial charge is 0.573 e. The number of nitrogens with one attached hydrogen (secondary N) is 1. The number of nitrogens with two attached hydrogens (primary N) is 1. The number of nitrogen functional groups attached to an aromatic ring is 1. The van der Waals surface area contributed by atoms with Gasteiger partial charge in [0.05, 0.1) is 17.1 Å². The summed E-state index contributed by atoms with van der Waals surface area (Å²) in [6, 6.07) is 12.8. The van der Waals surface area contributed by atoms with Gasteiger partial charge in [0, 0.05) is 23.8 Å². The molecule has 0 atom stereocenters. The molecule has 0 spiro atoms. The van der Waals surface area contributed by atoms with Crippen LogP contribution in [-0.2, 0) is 13.2 Å². The maximum Gasteiger partial charge on any atom is 0.573 e. The number of aromatic nitrogens is 1. The second-order valence-corrected chi connectivity index (χ2v) is 6.93. The number of aryl methyl sites for hydroxylation is 1. The lowest BCUT2D eigenvalue weighted by Crippen LogP contribution is -2.17. The van der Waals surface area contributed by atoms with E-state index in [0.29, 0.717) is 29.3 Å². The van der Waals surface area contributed by atoms with Gasteiger partial charge >= 0.3 is 6.36 Å². The van der Waals surface area contributed by atoms with Crippen LogP contribution in [0.1, 0.15) is 16.8 Å². The lowest BCUT2D eigenvalue weighted by Gasteiger charge is -2.14. The minimum atomic E-state index is -4.77. The first kappa shape index (κ1) is 21.6. The quantitative estimate of drug-likeness (QED) is 0.463. The van der Waals surface area contributed by atoms with Crippen molar-refractivity contribution in [3.8, 4) is 11.5 Å². The third-order valence-corrected chi connectivity index (χ3v) is 4.46. The summed E-state index contributed by atoms with van der Waals surface area (Å²) < 4.78 is 46.5. The van der Waals surface area contributed by atoms with Crippen molar-refractivity contribution in [2.45, 2.75) is 26.4 Å². The highest BCUT2D eigenvalue weighted by Crippen LogP contribution is 2.30. The van der Waals surface area contributed by atoms with E-state index in [1.165, 1.54) is 12.1 Å². The number of alkyl halides is 3. The van der Waals surface area contributed by atoms with Gasteiger partial charge in [0.25, 0.3) is 0 Å². The number of anilines is 2. The molecule has 0 aliphatic carbocycles. The van der Waals surface area contributed by atoms with Gasteiger partial charge in [-0.05, 0) is 48.4 Å². The first-order valence-corrected chi connectivity index (χ1v) is 9.29. The number of ether oxygens (including phenoxy) is 2. The van der Waals surface area contributed by atoms with Crippen molar-refractivity contribution in [3.05, 3.63) is 76.6 Å². The number of halogens is 4. The third-order valence-electron chi connectivity index (χ3n) is 4.11. The van der Waals surface area contributed by atoms with Crippen LogP contribution in [0.5, 0.6) is 11.5 Å². The van der Waals surface area contributed by atoms with Crippen LogP contribution in [0.15, 0.2) is 54.7 Å². The molecule has 1 heterocycles. The Bertz CT molecular complexity index is 1010. The monoisotopic (exact) mass is 437 g/mol. The summed E-state index contributed by atoms with van der Waals surface area (Å²) in [5, 5.41) is 3.26. The number of benzene rings is 2. The molecule has 0 aliphatic heterocycles. The van der Waals surface area contributed by atoms with Crippen LogP contribution in [0.25, 0.3) is 0 Å². The van der Waals surface area contributed by atoms with Gasteiger partial charge in [-0.25, -0.2) is 0 Å². The van der Waals surface area contributed by atoms with Crippen LogP contribution in [0.2, 0.25) is 5.02 Å². The Hall–Kier alpha value is -3.13. The summed E-state index contributed by atoms with van der Waals surface area (Å²) >= 11 is 6.07. The fraction of sp³-hybridized carbons (Fsp3) is 0.190. The zero-order valence-corrected chi connectivity index (χ0v) is 16.7. The van der Waals surface area contributed by atoms with Crippen LogP contribution in [0.4, 0.5) is 24.5 Å². The average molecular weight is 438 g/mol. The SMILES string of the molecule is Cc1ccc(COc2ccc(N)c(NCc3ccc(OC(F)(F)F)cc3Cl)c2)nc1. The predicted octanol–water partition coefficient (Wildman–Crippen LogP) is 5.72. The Morgan fingerprint density at radius 3 is 2.50 bits per heavy atom. The van der Waals surface area contributed by atoms with Crippen molar-refractivity contribution < 1.29 is 22.6 Å². The molecule has 0 aliphatic rings. The van der Waals surface area contributed by atoms with Crippen LogP contribution in [0, 0.1) is 6.92 Å². The normalized spacial score (nSPS) is 11.2. The Balaban J connectivity index is 1.63. The van der Waals surface area contributed by atoms with Crippen LogP contribution < -0.4 is 20.5 Å². The molecule has 0 bridgehead atoms. The molecular formula is C21H19ClF3N3O2. The van der Waals surface area contributed by atoms with E-state index < -0.39 is 6.36 Å². The van der Waals surface area contributed by atoms with Gasteiger partial charge in [-0.15, -0.1) is 13.2 Å². The van der Waals surface area contributed by atoms with Crippen LogP contribution in [0.3, 0.4) is 0 Å². The van der Waals surface area contributed by atoms with E-state index in [1.54, 1.807) is 24.4 Å². The zero-order chi connectivity index (χ0) is 21.7. The molecule has 158 valence electrons. The Kier molecular flexibility index (Phi) is 6.56. The molecule has 3 aromatic rings. The highest BCUT2D eigenvalue weighted by atomic mass is 35.5. The van der Waals surface area contributed by atoms with Crippen molar-refractivity contribution in [1.82, 2.24) is 4.98 Å². The number of nitrogens with zero attached hydrogens (tertiary/aromatic N) is 1. The lowest BCUT2D eigenvalue weighted by atomic mass is 10.2. The summed E-state index contributed by atoms with van der Waals surface area (Å²) in [5.41, 5.74) is 9.54. The molecule has 2 aromatic carbocycles. The number of pyridine rings is 1. The number of hydrogen-bond acceptors (Lipinski definition) is 5. The van der Waals surface area contributed by atoms with Gasteiger partial charge in [0.1, 0.15) is 18.1 Å². The molecule has 30 heavy (non-hydrogen) atoms. The summed E-state index contributed by atoms with van der Waals surface area (Å²) in [4.78, 5) is 4.29. The fourth-order valence-electron chi connectivity index (χ4n) is 2.58. The van der Waals surface area contributed by atoms with E-state index in [4.69, 9.17) is 22.1 Å². The first-order valence-electron chi connectivity index (χ1n) is 8.91. The highest BCUT2D eigenvalue weighted by molar-refractivity contribution is 6.31. The number of hydrogen-bond donors (Lipinski definition) is 2. The molecule has 5 nitrogen and oxygen atoms in total. The summed E-state index contributed by atoms with van der Waals surface area (Å²) in [5.74, 6) is 0.213. The van der Waals surface area contributed by atoms with Crippen LogP contribution in [-0.4, -0.2) is 11.3 Å². The van der Waals surface area contributed by atoms with Gasteiger partial charge in [-0.1, -0.05) is 23.7 Å².